The lowest BCUT2D eigenvalue weighted by atomic mass is 10.1. The summed E-state index contributed by atoms with van der Waals surface area (Å²) in [4.78, 5) is 6.81. The Morgan fingerprint density at radius 1 is 1.32 bits per heavy atom. The first kappa shape index (κ1) is 18.1. The minimum absolute atomic E-state index is 0.0441. The first-order chi connectivity index (χ1) is 12.1. The van der Waals surface area contributed by atoms with Crippen LogP contribution in [0.3, 0.4) is 0 Å². The van der Waals surface area contributed by atoms with Crippen LogP contribution in [0.25, 0.3) is 0 Å². The fraction of sp³-hybridized carbons (Fsp3) is 0.632. The van der Waals surface area contributed by atoms with Crippen LogP contribution in [-0.4, -0.2) is 49.7 Å². The largest absolute Gasteiger partial charge is 0.381 e. The highest BCUT2D eigenvalue weighted by molar-refractivity contribution is 5.81. The molecule has 0 bridgehead atoms. The zero-order valence-electron chi connectivity index (χ0n) is 15.0. The van der Waals surface area contributed by atoms with Gasteiger partial charge in [-0.3, -0.25) is 4.99 Å². The quantitative estimate of drug-likeness (QED) is 0.632. The minimum atomic E-state index is -0.457. The van der Waals surface area contributed by atoms with E-state index in [9.17, 15) is 8.78 Å². The summed E-state index contributed by atoms with van der Waals surface area (Å²) in [5.41, 5.74) is 0.200. The van der Waals surface area contributed by atoms with Gasteiger partial charge in [-0.05, 0) is 38.8 Å². The maximum Gasteiger partial charge on any atom is 0.194 e. The summed E-state index contributed by atoms with van der Waals surface area (Å²) >= 11 is 0. The molecule has 1 aliphatic carbocycles. The Morgan fingerprint density at radius 2 is 2.08 bits per heavy atom. The van der Waals surface area contributed by atoms with Crippen LogP contribution in [0.2, 0.25) is 0 Å². The second-order valence-corrected chi connectivity index (χ2v) is 6.79. The van der Waals surface area contributed by atoms with Gasteiger partial charge in [0.05, 0.1) is 6.61 Å². The van der Waals surface area contributed by atoms with E-state index in [1.54, 1.807) is 0 Å². The van der Waals surface area contributed by atoms with Gasteiger partial charge >= 0.3 is 0 Å². The molecule has 138 valence electrons. The van der Waals surface area contributed by atoms with Gasteiger partial charge in [0.15, 0.2) is 5.96 Å². The molecule has 1 N–H and O–H groups in total. The van der Waals surface area contributed by atoms with Crippen LogP contribution in [0.5, 0.6) is 0 Å². The third kappa shape index (κ3) is 4.29. The number of hydrogen-bond acceptors (Lipinski definition) is 2. The summed E-state index contributed by atoms with van der Waals surface area (Å²) in [7, 11) is 0. The Morgan fingerprint density at radius 3 is 2.76 bits per heavy atom. The summed E-state index contributed by atoms with van der Waals surface area (Å²) in [6, 6.07) is 4.11. The van der Waals surface area contributed by atoms with E-state index in [4.69, 9.17) is 4.74 Å². The third-order valence-electron chi connectivity index (χ3n) is 4.93. The molecule has 0 amide bonds. The van der Waals surface area contributed by atoms with Crippen molar-refractivity contribution < 1.29 is 13.5 Å². The van der Waals surface area contributed by atoms with Crippen LogP contribution in [0, 0.1) is 17.6 Å². The molecule has 1 aromatic carbocycles. The molecule has 1 heterocycles. The molecule has 2 fully saturated rings. The predicted molar refractivity (Wildman–Crippen MR) is 94.8 cm³/mol. The first-order valence-electron chi connectivity index (χ1n) is 9.21. The van der Waals surface area contributed by atoms with Crippen molar-refractivity contribution in [2.45, 2.75) is 38.6 Å². The summed E-state index contributed by atoms with van der Waals surface area (Å²) in [5, 5.41) is 3.42. The molecule has 25 heavy (non-hydrogen) atoms. The fourth-order valence-corrected chi connectivity index (χ4v) is 3.54. The summed E-state index contributed by atoms with van der Waals surface area (Å²) in [5.74, 6) is 0.334. The van der Waals surface area contributed by atoms with Crippen LogP contribution < -0.4 is 5.32 Å². The van der Waals surface area contributed by atoms with Gasteiger partial charge in [-0.2, -0.15) is 0 Å². The van der Waals surface area contributed by atoms with Crippen LogP contribution in [0.4, 0.5) is 8.78 Å². The zero-order valence-corrected chi connectivity index (χ0v) is 15.0. The SMILES string of the molecule is CCN=C(NC1CC1c1c(F)cccc1F)N1CCC(COCC)C1. The van der Waals surface area contributed by atoms with Crippen molar-refractivity contribution in [3.05, 3.63) is 35.4 Å². The van der Waals surface area contributed by atoms with E-state index >= 15 is 0 Å². The number of guanidine groups is 1. The lowest BCUT2D eigenvalue weighted by molar-refractivity contribution is 0.114. The molecule has 3 rings (SSSR count). The number of rotatable bonds is 6. The number of ether oxygens (including phenoxy) is 1. The molecule has 6 heteroatoms. The van der Waals surface area contributed by atoms with Crippen LogP contribution >= 0.6 is 0 Å². The van der Waals surface area contributed by atoms with E-state index in [1.807, 2.05) is 13.8 Å². The van der Waals surface area contributed by atoms with Crippen molar-refractivity contribution in [1.29, 1.82) is 0 Å². The topological polar surface area (TPSA) is 36.9 Å². The van der Waals surface area contributed by atoms with E-state index in [0.29, 0.717) is 12.5 Å². The first-order valence-corrected chi connectivity index (χ1v) is 9.21. The highest BCUT2D eigenvalue weighted by Gasteiger charge is 2.43. The van der Waals surface area contributed by atoms with Gasteiger partial charge in [0.25, 0.3) is 0 Å². The van der Waals surface area contributed by atoms with Gasteiger partial charge in [-0.1, -0.05) is 6.07 Å². The van der Waals surface area contributed by atoms with Gasteiger partial charge < -0.3 is 15.0 Å². The van der Waals surface area contributed by atoms with Crippen LogP contribution in [0.15, 0.2) is 23.2 Å². The fourth-order valence-electron chi connectivity index (χ4n) is 3.54. The summed E-state index contributed by atoms with van der Waals surface area (Å²) in [6.07, 6.45) is 1.82. The Bertz CT molecular complexity index is 602. The predicted octanol–water partition coefficient (Wildman–Crippen LogP) is 3.14. The molecule has 0 aromatic heterocycles. The summed E-state index contributed by atoms with van der Waals surface area (Å²) < 4.78 is 33.4. The van der Waals surface area contributed by atoms with Gasteiger partial charge in [0, 0.05) is 49.7 Å². The molecule has 1 aromatic rings. The van der Waals surface area contributed by atoms with E-state index in [0.717, 1.165) is 45.1 Å². The number of nitrogens with zero attached hydrogens (tertiary/aromatic N) is 2. The van der Waals surface area contributed by atoms with Crippen molar-refractivity contribution in [3.63, 3.8) is 0 Å². The van der Waals surface area contributed by atoms with E-state index in [2.05, 4.69) is 15.2 Å². The molecular weight excluding hydrogens is 324 g/mol. The lowest BCUT2D eigenvalue weighted by Gasteiger charge is -2.22. The molecule has 4 nitrogen and oxygen atoms in total. The zero-order chi connectivity index (χ0) is 17.8. The highest BCUT2D eigenvalue weighted by atomic mass is 19.1. The molecule has 1 saturated heterocycles. The van der Waals surface area contributed by atoms with Crippen molar-refractivity contribution in [2.75, 3.05) is 32.8 Å². The highest BCUT2D eigenvalue weighted by Crippen LogP contribution is 2.43. The molecule has 1 saturated carbocycles. The van der Waals surface area contributed by atoms with E-state index in [1.165, 1.54) is 18.2 Å². The van der Waals surface area contributed by atoms with Crippen molar-refractivity contribution in [3.8, 4) is 0 Å². The normalized spacial score (nSPS) is 26.2. The monoisotopic (exact) mass is 351 g/mol. The van der Waals surface area contributed by atoms with Crippen molar-refractivity contribution >= 4 is 5.96 Å². The van der Waals surface area contributed by atoms with Crippen LogP contribution in [-0.2, 0) is 4.74 Å². The maximum atomic E-state index is 13.9. The molecule has 0 radical (unpaired) electrons. The van der Waals surface area contributed by atoms with Crippen molar-refractivity contribution in [2.24, 2.45) is 10.9 Å². The standard InChI is InChI=1S/C19H27F2N3O/c1-3-22-19(24-9-8-13(11-24)12-25-4-2)23-17-10-14(17)18-15(20)6-5-7-16(18)21/h5-7,13-14,17H,3-4,8-12H2,1-2H3,(H,22,23). The van der Waals surface area contributed by atoms with Gasteiger partial charge in [-0.15, -0.1) is 0 Å². The van der Waals surface area contributed by atoms with Gasteiger partial charge in [-0.25, -0.2) is 8.78 Å². The molecule has 2 aliphatic rings. The van der Waals surface area contributed by atoms with E-state index < -0.39 is 11.6 Å². The number of aliphatic imine (C=N–C) groups is 1. The Hall–Kier alpha value is -1.69. The third-order valence-corrected chi connectivity index (χ3v) is 4.93. The average Bonchev–Trinajstić information content (AvgIpc) is 3.17. The van der Waals surface area contributed by atoms with Gasteiger partial charge in [0.2, 0.25) is 0 Å². The Labute approximate surface area is 148 Å². The number of benzene rings is 1. The molecule has 0 spiro atoms. The Balaban J connectivity index is 1.60. The molecule has 3 atom stereocenters. The minimum Gasteiger partial charge on any atom is -0.381 e. The maximum absolute atomic E-state index is 13.9. The number of hydrogen-bond donors (Lipinski definition) is 1. The number of halogens is 2. The Kier molecular flexibility index (Phi) is 5.89. The summed E-state index contributed by atoms with van der Waals surface area (Å²) in [6.45, 7) is 8.05. The smallest absolute Gasteiger partial charge is 0.194 e. The van der Waals surface area contributed by atoms with Crippen molar-refractivity contribution in [1.82, 2.24) is 10.2 Å². The second kappa shape index (κ2) is 8.13. The van der Waals surface area contributed by atoms with Gasteiger partial charge in [0.1, 0.15) is 11.6 Å². The lowest BCUT2D eigenvalue weighted by Crippen LogP contribution is -2.42. The molecular formula is C19H27F2N3O. The average molecular weight is 351 g/mol. The van der Waals surface area contributed by atoms with Crippen LogP contribution in [0.1, 0.15) is 38.2 Å². The van der Waals surface area contributed by atoms with E-state index in [-0.39, 0.29) is 17.5 Å². The molecule has 3 unspecified atom stereocenters. The second-order valence-electron chi connectivity index (χ2n) is 6.79. The number of likely N-dealkylation sites (tertiary alicyclic amines) is 1. The number of nitrogens with one attached hydrogen (secondary N) is 1. The molecule has 1 aliphatic heterocycles.